The zero-order valence-electron chi connectivity index (χ0n) is 11.8. The van der Waals surface area contributed by atoms with E-state index >= 15 is 0 Å². The summed E-state index contributed by atoms with van der Waals surface area (Å²) in [5.74, 6) is -0.925. The molecule has 0 spiro atoms. The molecule has 8 heteroatoms. The van der Waals surface area contributed by atoms with E-state index in [1.165, 1.54) is 25.2 Å². The predicted octanol–water partition coefficient (Wildman–Crippen LogP) is 0.961. The summed E-state index contributed by atoms with van der Waals surface area (Å²) < 4.78 is 10.1. The fourth-order valence-corrected chi connectivity index (χ4v) is 2.09. The highest BCUT2D eigenvalue weighted by atomic mass is 16.5. The van der Waals surface area contributed by atoms with Gasteiger partial charge >= 0.3 is 5.97 Å². The molecule has 3 rings (SSSR count). The Morgan fingerprint density at radius 1 is 1.23 bits per heavy atom. The quantitative estimate of drug-likeness (QED) is 0.614. The number of rotatable bonds is 3. The fourth-order valence-electron chi connectivity index (χ4n) is 2.09. The van der Waals surface area contributed by atoms with Crippen molar-refractivity contribution in [3.05, 3.63) is 46.7 Å². The number of imide groups is 1. The molecule has 2 aromatic rings. The molecule has 2 heterocycles. The fraction of sp³-hybridized carbons (Fsp3) is 0.214. The molecule has 0 saturated heterocycles. The van der Waals surface area contributed by atoms with Crippen LogP contribution >= 0.6 is 0 Å². The molecule has 1 aromatic heterocycles. The molecule has 0 N–H and O–H groups in total. The van der Waals surface area contributed by atoms with Crippen LogP contribution in [0, 0.1) is 6.92 Å². The highest BCUT2D eigenvalue weighted by Crippen LogP contribution is 2.23. The van der Waals surface area contributed by atoms with Gasteiger partial charge in [-0.15, -0.1) is 10.2 Å². The number of hydrogen-bond acceptors (Lipinski definition) is 7. The summed E-state index contributed by atoms with van der Waals surface area (Å²) in [7, 11) is 1.39. The van der Waals surface area contributed by atoms with Gasteiger partial charge in [-0.05, 0) is 18.2 Å². The maximum Gasteiger partial charge on any atom is 0.338 e. The lowest BCUT2D eigenvalue weighted by molar-refractivity contribution is 0.0436. The number of nitrogens with zero attached hydrogens (tertiary/aromatic N) is 3. The van der Waals surface area contributed by atoms with Crippen LogP contribution in [-0.2, 0) is 11.3 Å². The van der Waals surface area contributed by atoms with E-state index in [1.807, 2.05) is 0 Å². The van der Waals surface area contributed by atoms with Crippen molar-refractivity contribution in [3.8, 4) is 0 Å². The van der Waals surface area contributed by atoms with Crippen molar-refractivity contribution in [2.24, 2.45) is 0 Å². The zero-order valence-corrected chi connectivity index (χ0v) is 11.8. The van der Waals surface area contributed by atoms with Crippen molar-refractivity contribution in [1.29, 1.82) is 0 Å². The first-order valence-corrected chi connectivity index (χ1v) is 6.40. The summed E-state index contributed by atoms with van der Waals surface area (Å²) >= 11 is 0. The Morgan fingerprint density at radius 3 is 2.64 bits per heavy atom. The van der Waals surface area contributed by atoms with Crippen LogP contribution in [0.25, 0.3) is 0 Å². The number of amides is 2. The highest BCUT2D eigenvalue weighted by molar-refractivity contribution is 6.21. The van der Waals surface area contributed by atoms with Crippen LogP contribution in [0.15, 0.2) is 22.6 Å². The lowest BCUT2D eigenvalue weighted by atomic mass is 10.1. The highest BCUT2D eigenvalue weighted by Gasteiger charge is 2.33. The Hall–Kier alpha value is -3.03. The Labute approximate surface area is 124 Å². The number of carbonyl (C=O) groups excluding carboxylic acids is 3. The summed E-state index contributed by atoms with van der Waals surface area (Å²) in [6.07, 6.45) is 0. The average molecular weight is 301 g/mol. The first kappa shape index (κ1) is 13.9. The van der Waals surface area contributed by atoms with Crippen LogP contribution in [-0.4, -0.2) is 39.9 Å². The minimum absolute atomic E-state index is 0.163. The van der Waals surface area contributed by atoms with Crippen molar-refractivity contribution in [2.45, 2.75) is 13.5 Å². The number of aryl methyl sites for hydroxylation is 1. The molecule has 2 amide bonds. The number of benzene rings is 1. The molecule has 0 aliphatic carbocycles. The van der Waals surface area contributed by atoms with Gasteiger partial charge in [0.05, 0.1) is 16.7 Å². The molecular weight excluding hydrogens is 290 g/mol. The number of fused-ring (bicyclic) bond motifs is 1. The van der Waals surface area contributed by atoms with Crippen molar-refractivity contribution in [3.63, 3.8) is 0 Å². The van der Waals surface area contributed by atoms with Gasteiger partial charge in [-0.1, -0.05) is 0 Å². The van der Waals surface area contributed by atoms with Crippen LogP contribution in [0.2, 0.25) is 0 Å². The van der Waals surface area contributed by atoms with Crippen molar-refractivity contribution in [2.75, 3.05) is 7.05 Å². The second kappa shape index (κ2) is 5.06. The summed E-state index contributed by atoms with van der Waals surface area (Å²) in [6, 6.07) is 4.22. The van der Waals surface area contributed by atoms with Gasteiger partial charge in [0, 0.05) is 14.0 Å². The van der Waals surface area contributed by atoms with Crippen LogP contribution in [0.1, 0.15) is 42.9 Å². The standard InChI is InChI=1S/C14H11N3O5/c1-7-15-16-11(22-7)6-21-14(20)8-3-4-9-10(5-8)13(19)17(2)12(9)18/h3-5H,6H2,1-2H3. The number of aromatic nitrogens is 2. The number of ether oxygens (including phenoxy) is 1. The number of esters is 1. The Morgan fingerprint density at radius 2 is 1.95 bits per heavy atom. The van der Waals surface area contributed by atoms with Gasteiger partial charge in [-0.2, -0.15) is 0 Å². The second-order valence-corrected chi connectivity index (χ2v) is 4.72. The van der Waals surface area contributed by atoms with Gasteiger partial charge in [0.25, 0.3) is 17.7 Å². The van der Waals surface area contributed by atoms with Gasteiger partial charge in [-0.3, -0.25) is 14.5 Å². The second-order valence-electron chi connectivity index (χ2n) is 4.72. The third-order valence-electron chi connectivity index (χ3n) is 3.22. The first-order chi connectivity index (χ1) is 10.5. The van der Waals surface area contributed by atoms with Crippen LogP contribution in [0.4, 0.5) is 0 Å². The molecule has 0 radical (unpaired) electrons. The van der Waals surface area contributed by atoms with E-state index < -0.39 is 11.9 Å². The van der Waals surface area contributed by atoms with Gasteiger partial charge < -0.3 is 9.15 Å². The topological polar surface area (TPSA) is 103 Å². The molecule has 0 unspecified atom stereocenters. The average Bonchev–Trinajstić information content (AvgIpc) is 3.03. The lowest BCUT2D eigenvalue weighted by Crippen LogP contribution is -2.24. The Bertz CT molecular complexity index is 796. The largest absolute Gasteiger partial charge is 0.452 e. The predicted molar refractivity (Wildman–Crippen MR) is 71.0 cm³/mol. The van der Waals surface area contributed by atoms with Crippen LogP contribution in [0.5, 0.6) is 0 Å². The summed E-state index contributed by atoms with van der Waals surface area (Å²) in [5.41, 5.74) is 0.638. The van der Waals surface area contributed by atoms with Crippen LogP contribution in [0.3, 0.4) is 0 Å². The molecular formula is C14H11N3O5. The Kier molecular flexibility index (Phi) is 3.21. The number of carbonyl (C=O) groups is 3. The molecule has 0 atom stereocenters. The minimum Gasteiger partial charge on any atom is -0.452 e. The van der Waals surface area contributed by atoms with Crippen molar-refractivity contribution < 1.29 is 23.5 Å². The van der Waals surface area contributed by atoms with Gasteiger partial charge in [0.2, 0.25) is 5.89 Å². The van der Waals surface area contributed by atoms with E-state index in [-0.39, 0.29) is 35.1 Å². The molecule has 22 heavy (non-hydrogen) atoms. The first-order valence-electron chi connectivity index (χ1n) is 6.40. The molecule has 8 nitrogen and oxygen atoms in total. The normalized spacial score (nSPS) is 13.5. The van der Waals surface area contributed by atoms with Gasteiger partial charge in [-0.25, -0.2) is 4.79 Å². The smallest absolute Gasteiger partial charge is 0.338 e. The van der Waals surface area contributed by atoms with E-state index in [0.29, 0.717) is 5.89 Å². The van der Waals surface area contributed by atoms with E-state index in [2.05, 4.69) is 10.2 Å². The molecule has 1 aliphatic heterocycles. The third kappa shape index (κ3) is 2.24. The molecule has 0 fully saturated rings. The van der Waals surface area contributed by atoms with Crippen molar-refractivity contribution in [1.82, 2.24) is 15.1 Å². The van der Waals surface area contributed by atoms with Crippen LogP contribution < -0.4 is 0 Å². The SMILES string of the molecule is Cc1nnc(COC(=O)c2ccc3c(c2)C(=O)N(C)C3=O)o1. The molecule has 112 valence electrons. The third-order valence-corrected chi connectivity index (χ3v) is 3.22. The molecule has 0 bridgehead atoms. The minimum atomic E-state index is -0.645. The number of hydrogen-bond donors (Lipinski definition) is 0. The molecule has 1 aliphatic rings. The molecule has 1 aromatic carbocycles. The lowest BCUT2D eigenvalue weighted by Gasteiger charge is -2.03. The summed E-state index contributed by atoms with van der Waals surface area (Å²) in [4.78, 5) is 36.6. The molecule has 0 saturated carbocycles. The van der Waals surface area contributed by atoms with E-state index in [0.717, 1.165) is 4.90 Å². The van der Waals surface area contributed by atoms with Gasteiger partial charge in [0.15, 0.2) is 6.61 Å². The van der Waals surface area contributed by atoms with Gasteiger partial charge in [0.1, 0.15) is 0 Å². The Balaban J connectivity index is 1.77. The maximum atomic E-state index is 12.0. The van der Waals surface area contributed by atoms with E-state index in [4.69, 9.17) is 9.15 Å². The van der Waals surface area contributed by atoms with E-state index in [1.54, 1.807) is 6.92 Å². The zero-order chi connectivity index (χ0) is 15.9. The summed E-state index contributed by atoms with van der Waals surface area (Å²) in [6.45, 7) is 1.46. The maximum absolute atomic E-state index is 12.0. The monoisotopic (exact) mass is 301 g/mol. The van der Waals surface area contributed by atoms with Crippen molar-refractivity contribution >= 4 is 17.8 Å². The van der Waals surface area contributed by atoms with E-state index in [9.17, 15) is 14.4 Å². The summed E-state index contributed by atoms with van der Waals surface area (Å²) in [5, 5.41) is 7.32.